The van der Waals surface area contributed by atoms with E-state index in [4.69, 9.17) is 0 Å². The normalized spacial score (nSPS) is 14.2. The molecule has 0 saturated heterocycles. The second-order valence-corrected chi connectivity index (χ2v) is 5.25. The SMILES string of the molecule is CSC(C)CCNC(C(=O)O)c1ccccc1. The van der Waals surface area contributed by atoms with Crippen molar-refractivity contribution < 1.29 is 9.90 Å². The predicted molar refractivity (Wildman–Crippen MR) is 72.4 cm³/mol. The van der Waals surface area contributed by atoms with Gasteiger partial charge in [-0.25, -0.2) is 0 Å². The van der Waals surface area contributed by atoms with Gasteiger partial charge in [0.15, 0.2) is 0 Å². The van der Waals surface area contributed by atoms with Gasteiger partial charge in [-0.2, -0.15) is 11.8 Å². The Morgan fingerprint density at radius 1 is 1.41 bits per heavy atom. The summed E-state index contributed by atoms with van der Waals surface area (Å²) in [5.74, 6) is -0.826. The Hall–Kier alpha value is -1.00. The van der Waals surface area contributed by atoms with E-state index in [1.165, 1.54) is 0 Å². The first-order valence-electron chi connectivity index (χ1n) is 5.69. The molecule has 0 saturated carbocycles. The summed E-state index contributed by atoms with van der Waals surface area (Å²) >= 11 is 1.79. The molecule has 4 heteroatoms. The molecule has 0 aliphatic rings. The topological polar surface area (TPSA) is 49.3 Å². The Morgan fingerprint density at radius 2 is 2.06 bits per heavy atom. The molecule has 0 spiro atoms. The first-order chi connectivity index (χ1) is 8.15. The molecule has 2 N–H and O–H groups in total. The zero-order valence-electron chi connectivity index (χ0n) is 10.2. The van der Waals surface area contributed by atoms with Gasteiger partial charge < -0.3 is 10.4 Å². The third kappa shape index (κ3) is 4.79. The van der Waals surface area contributed by atoms with Crippen molar-refractivity contribution in [2.45, 2.75) is 24.6 Å². The van der Waals surface area contributed by atoms with E-state index in [0.29, 0.717) is 11.8 Å². The summed E-state index contributed by atoms with van der Waals surface area (Å²) in [5.41, 5.74) is 0.803. The smallest absolute Gasteiger partial charge is 0.325 e. The molecule has 0 aliphatic carbocycles. The fraction of sp³-hybridized carbons (Fsp3) is 0.462. The van der Waals surface area contributed by atoms with E-state index in [2.05, 4.69) is 18.5 Å². The molecule has 17 heavy (non-hydrogen) atoms. The summed E-state index contributed by atoms with van der Waals surface area (Å²) in [6.45, 7) is 2.86. The third-order valence-corrected chi connectivity index (χ3v) is 3.72. The number of carboxylic acid groups (broad SMARTS) is 1. The molecule has 2 unspecified atom stereocenters. The quantitative estimate of drug-likeness (QED) is 0.784. The maximum absolute atomic E-state index is 11.2. The summed E-state index contributed by atoms with van der Waals surface area (Å²) in [6, 6.07) is 8.67. The van der Waals surface area contributed by atoms with Crippen LogP contribution in [0.5, 0.6) is 0 Å². The highest BCUT2D eigenvalue weighted by molar-refractivity contribution is 7.99. The second kappa shape index (κ2) is 7.35. The van der Waals surface area contributed by atoms with Crippen LogP contribution in [0.1, 0.15) is 24.9 Å². The van der Waals surface area contributed by atoms with E-state index in [9.17, 15) is 9.90 Å². The van der Waals surface area contributed by atoms with Crippen molar-refractivity contribution in [2.75, 3.05) is 12.8 Å². The van der Waals surface area contributed by atoms with E-state index in [0.717, 1.165) is 12.0 Å². The fourth-order valence-electron chi connectivity index (χ4n) is 1.54. The Bertz CT molecular complexity index is 343. The highest BCUT2D eigenvalue weighted by Crippen LogP contribution is 2.14. The molecule has 0 amide bonds. The molecular weight excluding hydrogens is 234 g/mol. The van der Waals surface area contributed by atoms with Gasteiger partial charge in [0.2, 0.25) is 0 Å². The van der Waals surface area contributed by atoms with E-state index in [1.807, 2.05) is 30.3 Å². The van der Waals surface area contributed by atoms with Gasteiger partial charge in [-0.1, -0.05) is 37.3 Å². The Morgan fingerprint density at radius 3 is 2.59 bits per heavy atom. The van der Waals surface area contributed by atoms with Crippen LogP contribution < -0.4 is 5.32 Å². The van der Waals surface area contributed by atoms with Crippen molar-refractivity contribution in [1.82, 2.24) is 5.32 Å². The van der Waals surface area contributed by atoms with Crippen LogP contribution in [0.25, 0.3) is 0 Å². The van der Waals surface area contributed by atoms with Gasteiger partial charge in [0.05, 0.1) is 0 Å². The molecule has 1 aromatic carbocycles. The van der Waals surface area contributed by atoms with Crippen LogP contribution in [0.3, 0.4) is 0 Å². The van der Waals surface area contributed by atoms with Gasteiger partial charge in [0, 0.05) is 5.25 Å². The number of hydrogen-bond donors (Lipinski definition) is 2. The van der Waals surface area contributed by atoms with Gasteiger partial charge in [-0.3, -0.25) is 4.79 Å². The minimum Gasteiger partial charge on any atom is -0.480 e. The first-order valence-corrected chi connectivity index (χ1v) is 6.98. The summed E-state index contributed by atoms with van der Waals surface area (Å²) in [4.78, 5) is 11.2. The van der Waals surface area contributed by atoms with Crippen molar-refractivity contribution in [1.29, 1.82) is 0 Å². The van der Waals surface area contributed by atoms with Gasteiger partial charge >= 0.3 is 5.97 Å². The van der Waals surface area contributed by atoms with Crippen LogP contribution >= 0.6 is 11.8 Å². The zero-order valence-corrected chi connectivity index (χ0v) is 11.0. The average Bonchev–Trinajstić information content (AvgIpc) is 2.34. The number of carbonyl (C=O) groups is 1. The number of benzene rings is 1. The second-order valence-electron chi connectivity index (χ2n) is 3.97. The molecule has 1 aromatic rings. The predicted octanol–water partition coefficient (Wildman–Crippen LogP) is 2.54. The molecule has 2 atom stereocenters. The lowest BCUT2D eigenvalue weighted by molar-refractivity contribution is -0.139. The van der Waals surface area contributed by atoms with Crippen molar-refractivity contribution in [3.8, 4) is 0 Å². The van der Waals surface area contributed by atoms with Gasteiger partial charge in [-0.15, -0.1) is 0 Å². The van der Waals surface area contributed by atoms with Gasteiger partial charge in [0.25, 0.3) is 0 Å². The van der Waals surface area contributed by atoms with Gasteiger partial charge in [-0.05, 0) is 24.8 Å². The molecule has 0 radical (unpaired) electrons. The molecule has 0 aromatic heterocycles. The lowest BCUT2D eigenvalue weighted by Gasteiger charge is -2.16. The number of hydrogen-bond acceptors (Lipinski definition) is 3. The van der Waals surface area contributed by atoms with Crippen LogP contribution in [0.4, 0.5) is 0 Å². The fourth-order valence-corrected chi connectivity index (χ4v) is 1.90. The number of aliphatic carboxylic acids is 1. The summed E-state index contributed by atoms with van der Waals surface area (Å²) in [5, 5.41) is 12.8. The van der Waals surface area contributed by atoms with Crippen molar-refractivity contribution in [2.24, 2.45) is 0 Å². The van der Waals surface area contributed by atoms with Crippen LogP contribution in [-0.4, -0.2) is 29.1 Å². The standard InChI is InChI=1S/C13H19NO2S/c1-10(17-2)8-9-14-12(13(15)16)11-6-4-3-5-7-11/h3-7,10,12,14H,8-9H2,1-2H3,(H,15,16). The highest BCUT2D eigenvalue weighted by atomic mass is 32.2. The average molecular weight is 253 g/mol. The number of nitrogens with one attached hydrogen (secondary N) is 1. The Kier molecular flexibility index (Phi) is 6.08. The van der Waals surface area contributed by atoms with Crippen LogP contribution in [0.2, 0.25) is 0 Å². The lowest BCUT2D eigenvalue weighted by atomic mass is 10.1. The molecule has 94 valence electrons. The van der Waals surface area contributed by atoms with E-state index in [1.54, 1.807) is 11.8 Å². The van der Waals surface area contributed by atoms with Crippen LogP contribution in [0.15, 0.2) is 30.3 Å². The maximum atomic E-state index is 11.2. The number of carboxylic acids is 1. The summed E-state index contributed by atoms with van der Waals surface area (Å²) in [6.07, 6.45) is 3.04. The first kappa shape index (κ1) is 14.1. The van der Waals surface area contributed by atoms with E-state index in [-0.39, 0.29) is 0 Å². The van der Waals surface area contributed by atoms with E-state index >= 15 is 0 Å². The van der Waals surface area contributed by atoms with Crippen LogP contribution in [-0.2, 0) is 4.79 Å². The minimum absolute atomic E-state index is 0.549. The van der Waals surface area contributed by atoms with Crippen molar-refractivity contribution >= 4 is 17.7 Å². The van der Waals surface area contributed by atoms with Crippen molar-refractivity contribution in [3.05, 3.63) is 35.9 Å². The molecule has 1 rings (SSSR count). The number of thioether (sulfide) groups is 1. The summed E-state index contributed by atoms with van der Waals surface area (Å²) in [7, 11) is 0. The molecule has 0 fully saturated rings. The molecule has 0 aliphatic heterocycles. The molecule has 3 nitrogen and oxygen atoms in total. The molecule has 0 bridgehead atoms. The molecule has 0 heterocycles. The van der Waals surface area contributed by atoms with E-state index < -0.39 is 12.0 Å². The van der Waals surface area contributed by atoms with Crippen LogP contribution in [0, 0.1) is 0 Å². The zero-order chi connectivity index (χ0) is 12.7. The highest BCUT2D eigenvalue weighted by Gasteiger charge is 2.18. The monoisotopic (exact) mass is 253 g/mol. The Balaban J connectivity index is 2.54. The molecular formula is C13H19NO2S. The van der Waals surface area contributed by atoms with Crippen molar-refractivity contribution in [3.63, 3.8) is 0 Å². The Labute approximate surface area is 107 Å². The largest absolute Gasteiger partial charge is 0.480 e. The maximum Gasteiger partial charge on any atom is 0.325 e. The lowest BCUT2D eigenvalue weighted by Crippen LogP contribution is -2.30. The minimum atomic E-state index is -0.826. The summed E-state index contributed by atoms with van der Waals surface area (Å²) < 4.78 is 0. The third-order valence-electron chi connectivity index (χ3n) is 2.68. The van der Waals surface area contributed by atoms with Gasteiger partial charge in [0.1, 0.15) is 6.04 Å². The number of rotatable bonds is 7.